The van der Waals surface area contributed by atoms with Gasteiger partial charge in [-0.05, 0) is 30.3 Å². The first-order valence-electron chi connectivity index (χ1n) is 7.06. The molecule has 9 heteroatoms. The van der Waals surface area contributed by atoms with Gasteiger partial charge in [-0.25, -0.2) is 4.79 Å². The van der Waals surface area contributed by atoms with Crippen LogP contribution in [-0.4, -0.2) is 34.7 Å². The second kappa shape index (κ2) is 6.04. The fourth-order valence-electron chi connectivity index (χ4n) is 2.22. The van der Waals surface area contributed by atoms with Crippen LogP contribution in [0.3, 0.4) is 0 Å². The molecule has 3 rings (SSSR count). The summed E-state index contributed by atoms with van der Waals surface area (Å²) in [4.78, 5) is 46.1. The number of non-ortho nitro benzene ring substituents is 1. The van der Waals surface area contributed by atoms with Crippen molar-refractivity contribution in [1.82, 2.24) is 10.2 Å². The van der Waals surface area contributed by atoms with Gasteiger partial charge < -0.3 is 4.42 Å². The molecule has 9 nitrogen and oxygen atoms in total. The molecule has 4 amide bonds. The van der Waals surface area contributed by atoms with Crippen LogP contribution >= 0.6 is 0 Å². The Morgan fingerprint density at radius 2 is 1.80 bits per heavy atom. The summed E-state index contributed by atoms with van der Waals surface area (Å²) in [6.07, 6.45) is 1.23. The molecule has 0 aliphatic carbocycles. The Hall–Kier alpha value is -3.75. The van der Waals surface area contributed by atoms with Gasteiger partial charge in [0.25, 0.3) is 17.5 Å². The van der Waals surface area contributed by atoms with E-state index < -0.39 is 22.8 Å². The molecule has 2 heterocycles. The molecule has 0 unspecified atom stereocenters. The van der Waals surface area contributed by atoms with E-state index in [-0.39, 0.29) is 17.0 Å². The molecule has 1 aromatic carbocycles. The van der Waals surface area contributed by atoms with Crippen molar-refractivity contribution in [2.45, 2.75) is 0 Å². The van der Waals surface area contributed by atoms with Crippen molar-refractivity contribution in [3.8, 4) is 11.3 Å². The zero-order valence-corrected chi connectivity index (χ0v) is 12.9. The van der Waals surface area contributed by atoms with E-state index in [1.54, 1.807) is 12.1 Å². The Kier molecular flexibility index (Phi) is 3.89. The van der Waals surface area contributed by atoms with E-state index in [2.05, 4.69) is 0 Å². The first-order valence-corrected chi connectivity index (χ1v) is 7.06. The largest absolute Gasteiger partial charge is 0.457 e. The van der Waals surface area contributed by atoms with Crippen LogP contribution in [0.25, 0.3) is 17.4 Å². The molecule has 1 aliphatic rings. The average molecular weight is 341 g/mol. The van der Waals surface area contributed by atoms with E-state index >= 15 is 0 Å². The summed E-state index contributed by atoms with van der Waals surface area (Å²) in [6.45, 7) is 0. The van der Waals surface area contributed by atoms with E-state index in [1.165, 1.54) is 37.4 Å². The summed E-state index contributed by atoms with van der Waals surface area (Å²) < 4.78 is 5.55. The Labute approximate surface area is 140 Å². The number of imide groups is 2. The predicted molar refractivity (Wildman–Crippen MR) is 85.1 cm³/mol. The van der Waals surface area contributed by atoms with Gasteiger partial charge in [-0.3, -0.25) is 29.9 Å². The number of benzene rings is 1. The molecule has 126 valence electrons. The molecule has 1 N–H and O–H groups in total. The van der Waals surface area contributed by atoms with Gasteiger partial charge in [0, 0.05) is 24.7 Å². The molecular formula is C16H11N3O6. The van der Waals surface area contributed by atoms with Crippen LogP contribution in [0.4, 0.5) is 10.5 Å². The van der Waals surface area contributed by atoms with Gasteiger partial charge in [0.2, 0.25) is 0 Å². The van der Waals surface area contributed by atoms with E-state index in [1.807, 2.05) is 5.32 Å². The van der Waals surface area contributed by atoms with Crippen molar-refractivity contribution >= 4 is 29.6 Å². The topological polar surface area (TPSA) is 123 Å². The van der Waals surface area contributed by atoms with Crippen LogP contribution in [0, 0.1) is 10.1 Å². The van der Waals surface area contributed by atoms with Crippen molar-refractivity contribution in [2.24, 2.45) is 0 Å². The van der Waals surface area contributed by atoms with Crippen LogP contribution in [0.2, 0.25) is 0 Å². The third-order valence-corrected chi connectivity index (χ3v) is 3.58. The Bertz CT molecular complexity index is 926. The Morgan fingerprint density at radius 3 is 2.44 bits per heavy atom. The first kappa shape index (κ1) is 16.1. The predicted octanol–water partition coefficient (Wildman–Crippen LogP) is 1.95. The summed E-state index contributed by atoms with van der Waals surface area (Å²) in [5, 5.41) is 12.7. The molecule has 0 saturated carbocycles. The van der Waals surface area contributed by atoms with E-state index in [9.17, 15) is 24.5 Å². The maximum atomic E-state index is 12.0. The van der Waals surface area contributed by atoms with Gasteiger partial charge in [0.15, 0.2) is 0 Å². The van der Waals surface area contributed by atoms with Gasteiger partial charge in [-0.2, -0.15) is 0 Å². The van der Waals surface area contributed by atoms with Crippen LogP contribution in [-0.2, 0) is 9.59 Å². The van der Waals surface area contributed by atoms with Gasteiger partial charge in [-0.15, -0.1) is 0 Å². The highest BCUT2D eigenvalue weighted by molar-refractivity contribution is 6.30. The number of amides is 4. The fraction of sp³-hybridized carbons (Fsp3) is 0.0625. The number of furan rings is 1. The van der Waals surface area contributed by atoms with Gasteiger partial charge >= 0.3 is 6.03 Å². The van der Waals surface area contributed by atoms with Gasteiger partial charge in [0.1, 0.15) is 17.1 Å². The average Bonchev–Trinajstić information content (AvgIpc) is 3.05. The zero-order chi connectivity index (χ0) is 18.1. The molecule has 1 aromatic heterocycles. The number of nitro benzene ring substituents is 1. The number of urea groups is 1. The number of rotatable bonds is 3. The van der Waals surface area contributed by atoms with Crippen molar-refractivity contribution in [3.05, 3.63) is 57.8 Å². The summed E-state index contributed by atoms with van der Waals surface area (Å²) in [5.74, 6) is -0.895. The lowest BCUT2D eigenvalue weighted by Crippen LogP contribution is -2.52. The normalized spacial score (nSPS) is 16.3. The first-order chi connectivity index (χ1) is 11.9. The number of hydrogen-bond donors (Lipinski definition) is 1. The third-order valence-electron chi connectivity index (χ3n) is 3.58. The van der Waals surface area contributed by atoms with Gasteiger partial charge in [-0.1, -0.05) is 0 Å². The third kappa shape index (κ3) is 3.02. The highest BCUT2D eigenvalue weighted by atomic mass is 16.6. The van der Waals surface area contributed by atoms with Crippen LogP contribution < -0.4 is 5.32 Å². The number of hydrogen-bond acceptors (Lipinski definition) is 6. The number of carbonyl (C=O) groups is 3. The molecule has 1 saturated heterocycles. The minimum Gasteiger partial charge on any atom is -0.457 e. The maximum Gasteiger partial charge on any atom is 0.331 e. The van der Waals surface area contributed by atoms with E-state index in [0.29, 0.717) is 11.3 Å². The molecule has 0 spiro atoms. The summed E-state index contributed by atoms with van der Waals surface area (Å²) >= 11 is 0. The molecule has 1 fully saturated rings. The fourth-order valence-corrected chi connectivity index (χ4v) is 2.22. The minimum absolute atomic E-state index is 0.0465. The highest BCUT2D eigenvalue weighted by Gasteiger charge is 2.33. The summed E-state index contributed by atoms with van der Waals surface area (Å²) in [5.41, 5.74) is 0.323. The molecule has 1 aliphatic heterocycles. The van der Waals surface area contributed by atoms with E-state index in [4.69, 9.17) is 4.42 Å². The summed E-state index contributed by atoms with van der Waals surface area (Å²) in [6, 6.07) is 8.09. The lowest BCUT2D eigenvalue weighted by molar-refractivity contribution is -0.384. The molecule has 0 bridgehead atoms. The number of nitrogens with one attached hydrogen (secondary N) is 1. The number of nitrogens with zero attached hydrogens (tertiary/aromatic N) is 2. The number of carbonyl (C=O) groups excluding carboxylic acids is 3. The van der Waals surface area contributed by atoms with Crippen LogP contribution in [0.15, 0.2) is 46.4 Å². The lowest BCUT2D eigenvalue weighted by Gasteiger charge is -2.21. The number of nitro groups is 1. The van der Waals surface area contributed by atoms with Crippen molar-refractivity contribution in [2.75, 3.05) is 7.05 Å². The Balaban J connectivity index is 1.88. The zero-order valence-electron chi connectivity index (χ0n) is 12.9. The Morgan fingerprint density at radius 1 is 1.12 bits per heavy atom. The molecule has 25 heavy (non-hydrogen) atoms. The molecule has 0 radical (unpaired) electrons. The highest BCUT2D eigenvalue weighted by Crippen LogP contribution is 2.26. The SMILES string of the molecule is CN1C(=O)NC(=O)/C(=C/c2ccc(-c3ccc([N+](=O)[O-])cc3)o2)C1=O. The van der Waals surface area contributed by atoms with E-state index in [0.717, 1.165) is 4.90 Å². The lowest BCUT2D eigenvalue weighted by atomic mass is 10.1. The minimum atomic E-state index is -0.804. The second-order valence-electron chi connectivity index (χ2n) is 5.19. The summed E-state index contributed by atoms with van der Waals surface area (Å²) in [7, 11) is 1.25. The molecule has 2 aromatic rings. The standard InChI is InChI=1S/C16H11N3O6/c1-18-15(21)12(14(20)17-16(18)22)8-11-6-7-13(25-11)9-2-4-10(5-3-9)19(23)24/h2-8H,1H3,(H,17,20,22)/b12-8-. The molecular weight excluding hydrogens is 330 g/mol. The van der Waals surface area contributed by atoms with Crippen molar-refractivity contribution in [1.29, 1.82) is 0 Å². The van der Waals surface area contributed by atoms with Gasteiger partial charge in [0.05, 0.1) is 4.92 Å². The van der Waals surface area contributed by atoms with Crippen molar-refractivity contribution < 1.29 is 23.7 Å². The monoisotopic (exact) mass is 341 g/mol. The number of barbiturate groups is 1. The van der Waals surface area contributed by atoms with Crippen molar-refractivity contribution in [3.63, 3.8) is 0 Å². The number of likely N-dealkylation sites (N-methyl/N-ethyl adjacent to an activating group) is 1. The quantitative estimate of drug-likeness (QED) is 0.394. The maximum absolute atomic E-state index is 12.0. The van der Waals surface area contributed by atoms with Crippen LogP contribution in [0.5, 0.6) is 0 Å². The second-order valence-corrected chi connectivity index (χ2v) is 5.19. The smallest absolute Gasteiger partial charge is 0.331 e. The molecule has 0 atom stereocenters. The van der Waals surface area contributed by atoms with Crippen LogP contribution in [0.1, 0.15) is 5.76 Å².